The third-order valence-electron chi connectivity index (χ3n) is 2.44. The summed E-state index contributed by atoms with van der Waals surface area (Å²) in [5.41, 5.74) is 7.34. The Hall–Kier alpha value is -1.46. The van der Waals surface area contributed by atoms with Gasteiger partial charge in [-0.2, -0.15) is 0 Å². The van der Waals surface area contributed by atoms with Gasteiger partial charge in [-0.3, -0.25) is 4.79 Å². The first-order chi connectivity index (χ1) is 8.47. The molecule has 1 amide bonds. The van der Waals surface area contributed by atoms with Crippen LogP contribution in [0.5, 0.6) is 0 Å². The number of anilines is 2. The molecular weight excluding hydrogens is 318 g/mol. The van der Waals surface area contributed by atoms with E-state index in [2.05, 4.69) is 21.2 Å². The van der Waals surface area contributed by atoms with Gasteiger partial charge in [-0.25, -0.2) is 0 Å². The van der Waals surface area contributed by atoms with Crippen LogP contribution in [0.25, 0.3) is 0 Å². The van der Waals surface area contributed by atoms with Gasteiger partial charge in [0.1, 0.15) is 5.69 Å². The normalized spacial score (nSPS) is 10.4. The molecule has 0 bridgehead atoms. The van der Waals surface area contributed by atoms with Crippen molar-refractivity contribution in [2.75, 3.05) is 11.1 Å². The van der Waals surface area contributed by atoms with E-state index in [9.17, 15) is 4.79 Å². The lowest BCUT2D eigenvalue weighted by Gasteiger charge is -2.08. The van der Waals surface area contributed by atoms with Gasteiger partial charge in [-0.05, 0) is 40.2 Å². The average molecular weight is 329 g/mol. The van der Waals surface area contributed by atoms with Crippen LogP contribution >= 0.6 is 27.5 Å². The summed E-state index contributed by atoms with van der Waals surface area (Å²) in [6.45, 7) is 0. The second kappa shape index (κ2) is 5.04. The summed E-state index contributed by atoms with van der Waals surface area (Å²) < 4.78 is 2.40. The minimum absolute atomic E-state index is 0.225. The van der Waals surface area contributed by atoms with Gasteiger partial charge in [0.15, 0.2) is 0 Å². The summed E-state index contributed by atoms with van der Waals surface area (Å²) in [6, 6.07) is 6.79. The van der Waals surface area contributed by atoms with Crippen LogP contribution in [-0.4, -0.2) is 10.5 Å². The van der Waals surface area contributed by atoms with Crippen LogP contribution in [0, 0.1) is 0 Å². The molecule has 6 heteroatoms. The first kappa shape index (κ1) is 13.0. The number of carbonyl (C=O) groups excluding carboxylic acids is 1. The molecular formula is C12H11BrClN3O. The number of rotatable bonds is 2. The molecule has 4 nitrogen and oxygen atoms in total. The van der Waals surface area contributed by atoms with E-state index in [1.807, 2.05) is 0 Å². The Bertz CT molecular complexity index is 609. The summed E-state index contributed by atoms with van der Waals surface area (Å²) in [5.74, 6) is -0.225. The van der Waals surface area contributed by atoms with E-state index in [-0.39, 0.29) is 5.91 Å². The number of nitrogens with one attached hydrogen (secondary N) is 1. The number of aromatic nitrogens is 1. The number of hydrogen-bond acceptors (Lipinski definition) is 2. The highest BCUT2D eigenvalue weighted by Crippen LogP contribution is 2.26. The van der Waals surface area contributed by atoms with Crippen LogP contribution in [0.15, 0.2) is 34.9 Å². The average Bonchev–Trinajstić information content (AvgIpc) is 2.62. The minimum atomic E-state index is -0.225. The zero-order valence-corrected chi connectivity index (χ0v) is 11.9. The van der Waals surface area contributed by atoms with Gasteiger partial charge >= 0.3 is 0 Å². The van der Waals surface area contributed by atoms with Gasteiger partial charge in [0.25, 0.3) is 5.91 Å². The summed E-state index contributed by atoms with van der Waals surface area (Å²) in [5, 5.41) is 3.39. The number of nitrogens with two attached hydrogens (primary N) is 1. The Morgan fingerprint density at radius 2 is 2.17 bits per heavy atom. The molecule has 1 aromatic heterocycles. The third-order valence-corrected chi connectivity index (χ3v) is 3.33. The molecule has 1 heterocycles. The molecule has 2 rings (SSSR count). The fourth-order valence-electron chi connectivity index (χ4n) is 1.59. The van der Waals surface area contributed by atoms with Crippen molar-refractivity contribution in [2.24, 2.45) is 7.05 Å². The number of carbonyl (C=O) groups is 1. The zero-order chi connectivity index (χ0) is 13.3. The third kappa shape index (κ3) is 2.68. The number of nitrogen functional groups attached to an aromatic ring is 1. The maximum atomic E-state index is 12.0. The first-order valence-corrected chi connectivity index (χ1v) is 6.32. The summed E-state index contributed by atoms with van der Waals surface area (Å²) in [7, 11) is 1.77. The smallest absolute Gasteiger partial charge is 0.272 e. The second-order valence-corrected chi connectivity index (χ2v) is 5.14. The number of halogens is 2. The Morgan fingerprint density at radius 3 is 2.72 bits per heavy atom. The number of aryl methyl sites for hydroxylation is 1. The van der Waals surface area contributed by atoms with Gasteiger partial charge in [0.05, 0.1) is 11.4 Å². The number of hydrogen-bond donors (Lipinski definition) is 2. The van der Waals surface area contributed by atoms with E-state index in [0.29, 0.717) is 22.1 Å². The first-order valence-electron chi connectivity index (χ1n) is 5.15. The second-order valence-electron chi connectivity index (χ2n) is 3.85. The fraction of sp³-hybridized carbons (Fsp3) is 0.0833. The van der Waals surface area contributed by atoms with E-state index in [1.54, 1.807) is 42.1 Å². The Morgan fingerprint density at radius 1 is 1.44 bits per heavy atom. The Labute approximate surface area is 118 Å². The zero-order valence-electron chi connectivity index (χ0n) is 9.58. The van der Waals surface area contributed by atoms with Crippen molar-refractivity contribution in [3.05, 3.63) is 45.7 Å². The SMILES string of the molecule is Cn1cc(N)cc1C(=O)Nc1ccc(Cl)cc1Br. The molecule has 94 valence electrons. The van der Waals surface area contributed by atoms with Crippen LogP contribution in [0.1, 0.15) is 10.5 Å². The van der Waals surface area contributed by atoms with Crippen molar-refractivity contribution in [3.63, 3.8) is 0 Å². The molecule has 0 unspecified atom stereocenters. The predicted molar refractivity (Wildman–Crippen MR) is 76.9 cm³/mol. The number of benzene rings is 1. The van der Waals surface area contributed by atoms with Gasteiger partial charge < -0.3 is 15.6 Å². The maximum Gasteiger partial charge on any atom is 0.272 e. The number of amides is 1. The van der Waals surface area contributed by atoms with Crippen molar-refractivity contribution >= 4 is 44.8 Å². The molecule has 0 saturated heterocycles. The lowest BCUT2D eigenvalue weighted by atomic mass is 10.3. The predicted octanol–water partition coefficient (Wildman–Crippen LogP) is 3.28. The molecule has 0 radical (unpaired) electrons. The lowest BCUT2D eigenvalue weighted by molar-refractivity contribution is 0.101. The standard InChI is InChI=1S/C12H11BrClN3O/c1-17-6-8(15)5-11(17)12(18)16-10-3-2-7(14)4-9(10)13/h2-6H,15H2,1H3,(H,16,18). The summed E-state index contributed by atoms with van der Waals surface area (Å²) in [4.78, 5) is 12.0. The molecule has 0 saturated carbocycles. The van der Waals surface area contributed by atoms with Crippen LogP contribution in [-0.2, 0) is 7.05 Å². The van der Waals surface area contributed by atoms with Gasteiger partial charge in [0.2, 0.25) is 0 Å². The Balaban J connectivity index is 2.24. The lowest BCUT2D eigenvalue weighted by Crippen LogP contribution is -2.15. The van der Waals surface area contributed by atoms with Crippen molar-refractivity contribution in [1.29, 1.82) is 0 Å². The van der Waals surface area contributed by atoms with Crippen LogP contribution in [0.2, 0.25) is 5.02 Å². The van der Waals surface area contributed by atoms with Crippen LogP contribution in [0.3, 0.4) is 0 Å². The van der Waals surface area contributed by atoms with E-state index in [4.69, 9.17) is 17.3 Å². The molecule has 0 aliphatic rings. The van der Waals surface area contributed by atoms with E-state index >= 15 is 0 Å². The highest BCUT2D eigenvalue weighted by Gasteiger charge is 2.12. The molecule has 18 heavy (non-hydrogen) atoms. The topological polar surface area (TPSA) is 60.0 Å². The van der Waals surface area contributed by atoms with E-state index < -0.39 is 0 Å². The molecule has 0 aliphatic heterocycles. The summed E-state index contributed by atoms with van der Waals surface area (Å²) >= 11 is 9.18. The highest BCUT2D eigenvalue weighted by molar-refractivity contribution is 9.10. The van der Waals surface area contributed by atoms with Crippen LogP contribution < -0.4 is 11.1 Å². The minimum Gasteiger partial charge on any atom is -0.397 e. The number of nitrogens with zero attached hydrogens (tertiary/aromatic N) is 1. The molecule has 0 aliphatic carbocycles. The Kier molecular flexibility index (Phi) is 3.63. The van der Waals surface area contributed by atoms with Crippen molar-refractivity contribution in [1.82, 2.24) is 4.57 Å². The highest BCUT2D eigenvalue weighted by atomic mass is 79.9. The largest absolute Gasteiger partial charge is 0.397 e. The summed E-state index contributed by atoms with van der Waals surface area (Å²) in [6.07, 6.45) is 1.69. The molecule has 0 fully saturated rings. The fourth-order valence-corrected chi connectivity index (χ4v) is 2.37. The molecule has 3 N–H and O–H groups in total. The molecule has 1 aromatic carbocycles. The molecule has 0 spiro atoms. The molecule has 2 aromatic rings. The quantitative estimate of drug-likeness (QED) is 0.889. The van der Waals surface area contributed by atoms with Crippen molar-refractivity contribution in [2.45, 2.75) is 0 Å². The monoisotopic (exact) mass is 327 g/mol. The maximum absolute atomic E-state index is 12.0. The van der Waals surface area contributed by atoms with E-state index in [1.165, 1.54) is 0 Å². The van der Waals surface area contributed by atoms with Crippen molar-refractivity contribution in [3.8, 4) is 0 Å². The van der Waals surface area contributed by atoms with E-state index in [0.717, 1.165) is 4.47 Å². The van der Waals surface area contributed by atoms with Gasteiger partial charge in [0, 0.05) is 22.7 Å². The van der Waals surface area contributed by atoms with Gasteiger partial charge in [-0.1, -0.05) is 11.6 Å². The molecule has 0 atom stereocenters. The van der Waals surface area contributed by atoms with Crippen LogP contribution in [0.4, 0.5) is 11.4 Å². The van der Waals surface area contributed by atoms with Crippen molar-refractivity contribution < 1.29 is 4.79 Å². The van der Waals surface area contributed by atoms with Gasteiger partial charge in [-0.15, -0.1) is 0 Å².